The minimum absolute atomic E-state index is 0.0120. The highest BCUT2D eigenvalue weighted by Crippen LogP contribution is 2.47. The Kier molecular flexibility index (Phi) is 2.69. The first-order valence-corrected chi connectivity index (χ1v) is 7.98. The summed E-state index contributed by atoms with van der Waals surface area (Å²) in [5, 5.41) is 5.00. The lowest BCUT2D eigenvalue weighted by Gasteiger charge is -2.42. The lowest BCUT2D eigenvalue weighted by atomic mass is 9.82. The number of thiophene rings is 1. The second-order valence-corrected chi connectivity index (χ2v) is 6.86. The first-order chi connectivity index (χ1) is 9.28. The molecule has 1 aromatic carbocycles. The number of hydrogen-bond acceptors (Lipinski definition) is 3. The Balaban J connectivity index is 1.90. The predicted octanol–water partition coefficient (Wildman–Crippen LogP) is 3.44. The summed E-state index contributed by atoms with van der Waals surface area (Å²) < 4.78 is 7.72. The van der Waals surface area contributed by atoms with Crippen LogP contribution >= 0.6 is 11.3 Å². The van der Waals surface area contributed by atoms with E-state index in [9.17, 15) is 0 Å². The largest absolute Gasteiger partial charge is 0.369 e. The zero-order valence-corrected chi connectivity index (χ0v) is 12.1. The predicted molar refractivity (Wildman–Crippen MR) is 79.9 cm³/mol. The fourth-order valence-corrected chi connectivity index (χ4v) is 5.09. The van der Waals surface area contributed by atoms with Gasteiger partial charge in [0, 0.05) is 15.6 Å². The molecule has 0 amide bonds. The summed E-state index contributed by atoms with van der Waals surface area (Å²) in [5.41, 5.74) is 1.54. The van der Waals surface area contributed by atoms with Crippen molar-refractivity contribution in [3.8, 4) is 0 Å². The van der Waals surface area contributed by atoms with E-state index in [1.807, 2.05) is 11.3 Å². The molecule has 0 unspecified atom stereocenters. The van der Waals surface area contributed by atoms with Gasteiger partial charge in [-0.2, -0.15) is 0 Å². The fraction of sp³-hybridized carbons (Fsp3) is 0.500. The van der Waals surface area contributed by atoms with Crippen LogP contribution in [0.4, 0.5) is 0 Å². The second-order valence-electron chi connectivity index (χ2n) is 5.81. The highest BCUT2D eigenvalue weighted by Gasteiger charge is 2.42. The van der Waals surface area contributed by atoms with E-state index in [-0.39, 0.29) is 5.60 Å². The number of fused-ring (bicyclic) bond motifs is 4. The third-order valence-corrected chi connectivity index (χ3v) is 5.90. The quantitative estimate of drug-likeness (QED) is 0.794. The van der Waals surface area contributed by atoms with Crippen LogP contribution in [-0.2, 0) is 16.8 Å². The normalized spacial score (nSPS) is 30.7. The van der Waals surface area contributed by atoms with Gasteiger partial charge in [0.15, 0.2) is 0 Å². The van der Waals surface area contributed by atoms with E-state index < -0.39 is 0 Å². The highest BCUT2D eigenvalue weighted by atomic mass is 32.1. The molecule has 0 bridgehead atoms. The number of nitrogens with one attached hydrogen (secondary N) is 1. The van der Waals surface area contributed by atoms with E-state index in [1.54, 1.807) is 5.56 Å². The number of rotatable bonds is 0. The summed E-state index contributed by atoms with van der Waals surface area (Å²) >= 11 is 1.95. The molecule has 3 heterocycles. The Hall–Kier alpha value is -0.900. The van der Waals surface area contributed by atoms with E-state index in [0.29, 0.717) is 6.04 Å². The standard InChI is InChI=1S/C16H19NOS/c1-11-10-16(7-8-17-11)15-13(6-9-18-16)12-4-2-3-5-14(12)19-15/h2-5,11,17H,6-10H2,1H3/t11-,16+/m0/s1. The lowest BCUT2D eigenvalue weighted by molar-refractivity contribution is -0.0846. The van der Waals surface area contributed by atoms with Crippen molar-refractivity contribution in [1.29, 1.82) is 0 Å². The molecule has 4 rings (SSSR count). The van der Waals surface area contributed by atoms with Crippen LogP contribution in [0.25, 0.3) is 10.1 Å². The molecule has 1 fully saturated rings. The number of hydrogen-bond donors (Lipinski definition) is 1. The van der Waals surface area contributed by atoms with Gasteiger partial charge in [0.2, 0.25) is 0 Å². The van der Waals surface area contributed by atoms with Crippen molar-refractivity contribution in [3.05, 3.63) is 34.7 Å². The van der Waals surface area contributed by atoms with Crippen molar-refractivity contribution in [2.45, 2.75) is 37.8 Å². The van der Waals surface area contributed by atoms with Crippen LogP contribution in [0.3, 0.4) is 0 Å². The molecule has 1 aromatic heterocycles. The van der Waals surface area contributed by atoms with Crippen LogP contribution in [-0.4, -0.2) is 19.2 Å². The van der Waals surface area contributed by atoms with Crippen molar-refractivity contribution in [3.63, 3.8) is 0 Å². The lowest BCUT2D eigenvalue weighted by Crippen LogP contribution is -2.48. The van der Waals surface area contributed by atoms with Crippen LogP contribution in [0.2, 0.25) is 0 Å². The molecule has 2 aliphatic heterocycles. The monoisotopic (exact) mass is 273 g/mol. The Labute approximate surface area is 117 Å². The van der Waals surface area contributed by atoms with Gasteiger partial charge in [0.05, 0.1) is 6.61 Å². The minimum Gasteiger partial charge on any atom is -0.369 e. The van der Waals surface area contributed by atoms with E-state index in [2.05, 4.69) is 36.5 Å². The van der Waals surface area contributed by atoms with Crippen molar-refractivity contribution in [1.82, 2.24) is 5.32 Å². The summed E-state index contributed by atoms with van der Waals surface area (Å²) in [6.07, 6.45) is 3.28. The average Bonchev–Trinajstić information content (AvgIpc) is 2.80. The summed E-state index contributed by atoms with van der Waals surface area (Å²) in [5.74, 6) is 0. The fourth-order valence-electron chi connectivity index (χ4n) is 3.66. The molecule has 100 valence electrons. The molecule has 0 radical (unpaired) electrons. The molecule has 19 heavy (non-hydrogen) atoms. The SMILES string of the molecule is C[C@H]1C[C@@]2(CCN1)OCCc1c2sc2ccccc12. The van der Waals surface area contributed by atoms with Crippen LogP contribution in [0, 0.1) is 0 Å². The van der Waals surface area contributed by atoms with Gasteiger partial charge in [0.1, 0.15) is 5.60 Å². The first kappa shape index (κ1) is 11.9. The topological polar surface area (TPSA) is 21.3 Å². The Morgan fingerprint density at radius 1 is 1.37 bits per heavy atom. The smallest absolute Gasteiger partial charge is 0.105 e. The maximum absolute atomic E-state index is 6.30. The Morgan fingerprint density at radius 3 is 3.16 bits per heavy atom. The van der Waals surface area contributed by atoms with Gasteiger partial charge >= 0.3 is 0 Å². The van der Waals surface area contributed by atoms with Crippen molar-refractivity contribution >= 4 is 21.4 Å². The Morgan fingerprint density at radius 2 is 2.26 bits per heavy atom. The van der Waals surface area contributed by atoms with Gasteiger partial charge in [-0.1, -0.05) is 18.2 Å². The zero-order chi connectivity index (χ0) is 12.9. The van der Waals surface area contributed by atoms with Gasteiger partial charge < -0.3 is 10.1 Å². The van der Waals surface area contributed by atoms with E-state index in [4.69, 9.17) is 4.74 Å². The summed E-state index contributed by atoms with van der Waals surface area (Å²) in [6, 6.07) is 9.36. The summed E-state index contributed by atoms with van der Waals surface area (Å²) in [7, 11) is 0. The average molecular weight is 273 g/mol. The van der Waals surface area contributed by atoms with Crippen molar-refractivity contribution < 1.29 is 4.74 Å². The van der Waals surface area contributed by atoms with Crippen LogP contribution in [0.15, 0.2) is 24.3 Å². The van der Waals surface area contributed by atoms with Crippen LogP contribution < -0.4 is 5.32 Å². The molecule has 3 heteroatoms. The van der Waals surface area contributed by atoms with Gasteiger partial charge in [-0.25, -0.2) is 0 Å². The number of benzene rings is 1. The molecular weight excluding hydrogens is 254 g/mol. The molecule has 1 N–H and O–H groups in total. The first-order valence-electron chi connectivity index (χ1n) is 7.17. The number of ether oxygens (including phenoxy) is 1. The molecule has 0 saturated carbocycles. The van der Waals surface area contributed by atoms with E-state index in [1.165, 1.54) is 15.0 Å². The summed E-state index contributed by atoms with van der Waals surface area (Å²) in [4.78, 5) is 1.51. The molecular formula is C16H19NOS. The molecule has 1 spiro atoms. The number of piperidine rings is 1. The zero-order valence-electron chi connectivity index (χ0n) is 11.2. The van der Waals surface area contributed by atoms with Gasteiger partial charge in [0.25, 0.3) is 0 Å². The van der Waals surface area contributed by atoms with Gasteiger partial charge in [-0.05, 0) is 49.7 Å². The highest BCUT2D eigenvalue weighted by molar-refractivity contribution is 7.19. The van der Waals surface area contributed by atoms with Crippen LogP contribution in [0.1, 0.15) is 30.2 Å². The van der Waals surface area contributed by atoms with Crippen molar-refractivity contribution in [2.75, 3.05) is 13.2 Å². The van der Waals surface area contributed by atoms with Crippen molar-refractivity contribution in [2.24, 2.45) is 0 Å². The minimum atomic E-state index is -0.0120. The molecule has 2 nitrogen and oxygen atoms in total. The van der Waals surface area contributed by atoms with Crippen LogP contribution in [0.5, 0.6) is 0 Å². The van der Waals surface area contributed by atoms with Gasteiger partial charge in [-0.15, -0.1) is 11.3 Å². The third-order valence-electron chi connectivity index (χ3n) is 4.50. The summed E-state index contributed by atoms with van der Waals surface area (Å²) in [6.45, 7) is 4.21. The van der Waals surface area contributed by atoms with E-state index >= 15 is 0 Å². The van der Waals surface area contributed by atoms with Gasteiger partial charge in [-0.3, -0.25) is 0 Å². The molecule has 2 atom stereocenters. The molecule has 0 aliphatic carbocycles. The maximum atomic E-state index is 6.30. The maximum Gasteiger partial charge on any atom is 0.105 e. The van der Waals surface area contributed by atoms with E-state index in [0.717, 1.165) is 32.4 Å². The second kappa shape index (κ2) is 4.30. The Bertz CT molecular complexity index is 620. The molecule has 2 aromatic rings. The molecule has 2 aliphatic rings. The third kappa shape index (κ3) is 1.76. The molecule has 1 saturated heterocycles.